The van der Waals surface area contributed by atoms with Gasteiger partial charge in [0.2, 0.25) is 0 Å². The highest BCUT2D eigenvalue weighted by Crippen LogP contribution is 2.29. The van der Waals surface area contributed by atoms with E-state index < -0.39 is 54.2 Å². The highest BCUT2D eigenvalue weighted by atomic mass is 19.3. The van der Waals surface area contributed by atoms with Crippen molar-refractivity contribution in [3.63, 3.8) is 0 Å². The fourth-order valence-corrected chi connectivity index (χ4v) is 3.35. The second kappa shape index (κ2) is 11.3. The molecule has 2 rings (SSSR count). The molecule has 1 aromatic heterocycles. The zero-order valence-electron chi connectivity index (χ0n) is 21.3. The maximum atomic E-state index is 13.4. The van der Waals surface area contributed by atoms with Crippen LogP contribution in [0.1, 0.15) is 52.0 Å². The number of anilines is 2. The van der Waals surface area contributed by atoms with Crippen LogP contribution in [0.5, 0.6) is 0 Å². The first-order chi connectivity index (χ1) is 16.5. The van der Waals surface area contributed by atoms with Gasteiger partial charge in [0.05, 0.1) is 17.6 Å². The number of ether oxygens (including phenoxy) is 2. The van der Waals surface area contributed by atoms with Crippen LogP contribution in [0, 0.1) is 0 Å². The minimum absolute atomic E-state index is 0.269. The maximum absolute atomic E-state index is 13.4. The molecular weight excluding hydrogens is 485 g/mol. The smallest absolute Gasteiger partial charge is 0.424 e. The van der Waals surface area contributed by atoms with Gasteiger partial charge in [0, 0.05) is 32.7 Å². The Bertz CT molecular complexity index is 928. The Hall–Kier alpha value is -3.09. The fraction of sp³-hybridized carbons (Fsp3) is 0.652. The van der Waals surface area contributed by atoms with Gasteiger partial charge in [-0.2, -0.15) is 4.90 Å². The standard InChI is InChI=1S/C23H33F3N4O6/c1-22(2,3)35-20(33)30(21(34)36-23(4,5)6)16-11-14(12-27-17(16)19(31)32)29-9-7-28(8-10-29)13-15(24)18(25)26/h11-12,15,18H,7-10,13H2,1-6H3,(H,31,32). The Balaban J connectivity index is 2.40. The zero-order valence-corrected chi connectivity index (χ0v) is 21.3. The number of rotatable bonds is 6. The molecule has 1 N–H and O–H groups in total. The molecule has 1 aliphatic rings. The lowest BCUT2D eigenvalue weighted by Gasteiger charge is -2.36. The third-order valence-corrected chi connectivity index (χ3v) is 4.89. The van der Waals surface area contributed by atoms with Crippen molar-refractivity contribution in [2.45, 2.75) is 65.3 Å². The molecule has 1 fully saturated rings. The highest BCUT2D eigenvalue weighted by Gasteiger charge is 2.36. The van der Waals surface area contributed by atoms with Crippen LogP contribution in [0.25, 0.3) is 0 Å². The van der Waals surface area contributed by atoms with Gasteiger partial charge in [-0.3, -0.25) is 4.90 Å². The lowest BCUT2D eigenvalue weighted by molar-refractivity contribution is 0.0266. The summed E-state index contributed by atoms with van der Waals surface area (Å²) in [5.41, 5.74) is -2.57. The van der Waals surface area contributed by atoms with E-state index in [4.69, 9.17) is 9.47 Å². The number of aromatic nitrogens is 1. The predicted molar refractivity (Wildman–Crippen MR) is 126 cm³/mol. The molecule has 2 heterocycles. The van der Waals surface area contributed by atoms with E-state index >= 15 is 0 Å². The fourth-order valence-electron chi connectivity index (χ4n) is 3.35. The van der Waals surface area contributed by atoms with Gasteiger partial charge in [0.25, 0.3) is 6.43 Å². The molecule has 1 atom stereocenters. The van der Waals surface area contributed by atoms with Gasteiger partial charge in [-0.1, -0.05) is 0 Å². The summed E-state index contributed by atoms with van der Waals surface area (Å²) < 4.78 is 49.1. The van der Waals surface area contributed by atoms with E-state index in [2.05, 4.69) is 4.98 Å². The summed E-state index contributed by atoms with van der Waals surface area (Å²) in [7, 11) is 0. The Morgan fingerprint density at radius 3 is 1.92 bits per heavy atom. The lowest BCUT2D eigenvalue weighted by atomic mass is 10.2. The minimum atomic E-state index is -3.06. The van der Waals surface area contributed by atoms with Gasteiger partial charge in [0.15, 0.2) is 11.9 Å². The van der Waals surface area contributed by atoms with E-state index in [1.54, 1.807) is 51.3 Å². The molecule has 10 nitrogen and oxygen atoms in total. The van der Waals surface area contributed by atoms with Gasteiger partial charge in [0.1, 0.15) is 11.2 Å². The summed E-state index contributed by atoms with van der Waals surface area (Å²) in [5, 5.41) is 9.70. The second-order valence-corrected chi connectivity index (χ2v) is 10.3. The molecule has 0 spiro atoms. The van der Waals surface area contributed by atoms with Crippen molar-refractivity contribution >= 4 is 29.5 Å². The molecule has 0 aromatic carbocycles. The van der Waals surface area contributed by atoms with E-state index in [1.165, 1.54) is 12.3 Å². The molecule has 1 unspecified atom stereocenters. The number of carbonyl (C=O) groups excluding carboxylic acids is 2. The maximum Gasteiger partial charge on any atom is 0.424 e. The molecule has 0 bridgehead atoms. The highest BCUT2D eigenvalue weighted by molar-refractivity contribution is 6.13. The number of alkyl halides is 3. The van der Waals surface area contributed by atoms with Crippen molar-refractivity contribution in [2.75, 3.05) is 42.5 Å². The molecule has 1 aliphatic heterocycles. The molecule has 1 aromatic rings. The van der Waals surface area contributed by atoms with Crippen LogP contribution < -0.4 is 9.80 Å². The number of halogens is 3. The second-order valence-electron chi connectivity index (χ2n) is 10.3. The SMILES string of the molecule is CC(C)(C)OC(=O)N(C(=O)OC(C)(C)C)c1cc(N2CCN(CC(F)C(F)F)CC2)cnc1C(=O)O. The van der Waals surface area contributed by atoms with Crippen LogP contribution in [0.15, 0.2) is 12.3 Å². The topological polar surface area (TPSA) is 113 Å². The summed E-state index contributed by atoms with van der Waals surface area (Å²) in [5.74, 6) is -1.49. The molecule has 0 saturated carbocycles. The van der Waals surface area contributed by atoms with Crippen LogP contribution in [0.2, 0.25) is 0 Å². The van der Waals surface area contributed by atoms with Gasteiger partial charge in [-0.15, -0.1) is 0 Å². The van der Waals surface area contributed by atoms with E-state index in [9.17, 15) is 32.7 Å². The molecule has 202 valence electrons. The molecule has 2 amide bonds. The number of pyridine rings is 1. The van der Waals surface area contributed by atoms with Crippen LogP contribution in [0.3, 0.4) is 0 Å². The van der Waals surface area contributed by atoms with Crippen molar-refractivity contribution in [1.82, 2.24) is 9.88 Å². The average molecular weight is 519 g/mol. The largest absolute Gasteiger partial charge is 0.476 e. The van der Waals surface area contributed by atoms with Crippen LogP contribution in [0.4, 0.5) is 34.1 Å². The average Bonchev–Trinajstić information content (AvgIpc) is 2.71. The Labute approximate surface area is 207 Å². The first-order valence-electron chi connectivity index (χ1n) is 11.4. The van der Waals surface area contributed by atoms with Gasteiger partial charge < -0.3 is 19.5 Å². The molecule has 1 saturated heterocycles. The summed E-state index contributed by atoms with van der Waals surface area (Å²) in [6, 6.07) is 1.30. The third-order valence-electron chi connectivity index (χ3n) is 4.89. The quantitative estimate of drug-likeness (QED) is 0.593. The van der Waals surface area contributed by atoms with E-state index in [-0.39, 0.29) is 18.8 Å². The van der Waals surface area contributed by atoms with Gasteiger partial charge in [-0.25, -0.2) is 32.5 Å². The van der Waals surface area contributed by atoms with Crippen molar-refractivity contribution < 1.29 is 42.1 Å². The molecule has 0 radical (unpaired) electrons. The number of imide groups is 1. The Kier molecular flexibility index (Phi) is 9.16. The minimum Gasteiger partial charge on any atom is -0.476 e. The zero-order chi connectivity index (χ0) is 27.4. The molecule has 13 heteroatoms. The first-order valence-corrected chi connectivity index (χ1v) is 11.4. The third kappa shape index (κ3) is 8.25. The van der Waals surface area contributed by atoms with Crippen LogP contribution in [-0.4, -0.2) is 89.7 Å². The molecular formula is C23H33F3N4O6. The van der Waals surface area contributed by atoms with E-state index in [0.29, 0.717) is 23.7 Å². The normalized spacial score (nSPS) is 16.0. The summed E-state index contributed by atoms with van der Waals surface area (Å²) >= 11 is 0. The predicted octanol–water partition coefficient (Wildman–Crippen LogP) is 4.18. The monoisotopic (exact) mass is 518 g/mol. The lowest BCUT2D eigenvalue weighted by Crippen LogP contribution is -2.49. The Morgan fingerprint density at radius 1 is 1.00 bits per heavy atom. The number of carboxylic acid groups (broad SMARTS) is 1. The summed E-state index contributed by atoms with van der Waals surface area (Å²) in [6.45, 7) is 10.2. The van der Waals surface area contributed by atoms with E-state index in [0.717, 1.165) is 0 Å². The number of carbonyl (C=O) groups is 3. The van der Waals surface area contributed by atoms with Gasteiger partial charge >= 0.3 is 18.2 Å². The summed E-state index contributed by atoms with van der Waals surface area (Å²) in [6.07, 6.45) is -6.35. The number of amides is 2. The number of hydrogen-bond acceptors (Lipinski definition) is 8. The first kappa shape index (κ1) is 29.1. The van der Waals surface area contributed by atoms with Crippen molar-refractivity contribution in [1.29, 1.82) is 0 Å². The number of aromatic carboxylic acids is 1. The number of hydrogen-bond donors (Lipinski definition) is 1. The van der Waals surface area contributed by atoms with Crippen molar-refractivity contribution in [3.05, 3.63) is 18.0 Å². The van der Waals surface area contributed by atoms with Crippen molar-refractivity contribution in [3.8, 4) is 0 Å². The summed E-state index contributed by atoms with van der Waals surface area (Å²) in [4.78, 5) is 45.7. The van der Waals surface area contributed by atoms with E-state index in [1.807, 2.05) is 0 Å². The molecule has 0 aliphatic carbocycles. The van der Waals surface area contributed by atoms with Crippen molar-refractivity contribution in [2.24, 2.45) is 0 Å². The van der Waals surface area contributed by atoms with Crippen LogP contribution in [-0.2, 0) is 9.47 Å². The van der Waals surface area contributed by atoms with Crippen LogP contribution >= 0.6 is 0 Å². The number of piperazine rings is 1. The number of nitrogens with zero attached hydrogens (tertiary/aromatic N) is 4. The van der Waals surface area contributed by atoms with Gasteiger partial charge in [-0.05, 0) is 47.6 Å². The molecule has 36 heavy (non-hydrogen) atoms. The Morgan fingerprint density at radius 2 is 1.50 bits per heavy atom. The number of carboxylic acids is 1.